The molecule has 0 spiro atoms. The van der Waals surface area contributed by atoms with Crippen molar-refractivity contribution in [2.45, 2.75) is 31.9 Å². The van der Waals surface area contributed by atoms with Crippen molar-refractivity contribution in [1.82, 2.24) is 10.6 Å². The molecular weight excluding hydrogens is 259 g/mol. The fourth-order valence-electron chi connectivity index (χ4n) is 2.30. The molecule has 1 heterocycles. The van der Waals surface area contributed by atoms with E-state index in [-0.39, 0.29) is 30.5 Å². The quantitative estimate of drug-likeness (QED) is 0.864. The lowest BCUT2D eigenvalue weighted by Gasteiger charge is -2.23. The second kappa shape index (κ2) is 7.36. The molecule has 1 saturated heterocycles. The lowest BCUT2D eigenvalue weighted by Crippen LogP contribution is -2.36. The van der Waals surface area contributed by atoms with Gasteiger partial charge in [0.2, 0.25) is 5.91 Å². The Balaban J connectivity index is 1.76. The summed E-state index contributed by atoms with van der Waals surface area (Å²) >= 11 is 0. The summed E-state index contributed by atoms with van der Waals surface area (Å²) in [5, 5.41) is 6.06. The zero-order chi connectivity index (χ0) is 14.4. The number of piperidine rings is 1. The Morgan fingerprint density at radius 1 is 1.50 bits per heavy atom. The van der Waals surface area contributed by atoms with Gasteiger partial charge in [-0.2, -0.15) is 0 Å². The number of carbonyl (C=O) groups is 1. The minimum Gasteiger partial charge on any atom is -0.368 e. The molecule has 2 N–H and O–H groups in total. The second-order valence-electron chi connectivity index (χ2n) is 5.10. The monoisotopic (exact) mass is 280 g/mol. The molecule has 1 aromatic rings. The van der Waals surface area contributed by atoms with Gasteiger partial charge >= 0.3 is 0 Å². The van der Waals surface area contributed by atoms with Gasteiger partial charge in [0, 0.05) is 0 Å². The highest BCUT2D eigenvalue weighted by molar-refractivity contribution is 5.77. The molecule has 2 rings (SSSR count). The molecule has 1 atom stereocenters. The maximum Gasteiger partial charge on any atom is 0.246 e. The average Bonchev–Trinajstić information content (AvgIpc) is 2.46. The first-order chi connectivity index (χ1) is 9.65. The third-order valence-corrected chi connectivity index (χ3v) is 3.46. The van der Waals surface area contributed by atoms with Crippen LogP contribution in [-0.2, 0) is 9.53 Å². The topological polar surface area (TPSA) is 50.4 Å². The molecule has 110 valence electrons. The summed E-state index contributed by atoms with van der Waals surface area (Å²) in [4.78, 5) is 11.8. The second-order valence-corrected chi connectivity index (χ2v) is 5.10. The van der Waals surface area contributed by atoms with E-state index in [4.69, 9.17) is 4.74 Å². The largest absolute Gasteiger partial charge is 0.368 e. The molecule has 5 heteroatoms. The van der Waals surface area contributed by atoms with E-state index in [1.54, 1.807) is 12.1 Å². The summed E-state index contributed by atoms with van der Waals surface area (Å²) in [5.74, 6) is -0.463. The van der Waals surface area contributed by atoms with Crippen LogP contribution in [0.4, 0.5) is 4.39 Å². The van der Waals surface area contributed by atoms with Crippen LogP contribution in [-0.4, -0.2) is 31.7 Å². The summed E-state index contributed by atoms with van der Waals surface area (Å²) in [6.45, 7) is 3.76. The van der Waals surface area contributed by atoms with Crippen LogP contribution in [0.5, 0.6) is 0 Å². The number of nitrogens with one attached hydrogen (secondary N) is 2. The average molecular weight is 280 g/mol. The number of amides is 1. The smallest absolute Gasteiger partial charge is 0.246 e. The molecule has 4 nitrogen and oxygen atoms in total. The zero-order valence-corrected chi connectivity index (χ0v) is 11.7. The van der Waals surface area contributed by atoms with Crippen molar-refractivity contribution in [1.29, 1.82) is 0 Å². The Hall–Kier alpha value is -1.46. The summed E-state index contributed by atoms with van der Waals surface area (Å²) < 4.78 is 18.7. The minimum absolute atomic E-state index is 0.0598. The van der Waals surface area contributed by atoms with Gasteiger partial charge in [0.25, 0.3) is 0 Å². The Kier molecular flexibility index (Phi) is 5.49. The number of benzene rings is 1. The van der Waals surface area contributed by atoms with Gasteiger partial charge in [-0.3, -0.25) is 4.79 Å². The van der Waals surface area contributed by atoms with Gasteiger partial charge in [-0.1, -0.05) is 12.1 Å². The molecule has 1 amide bonds. The van der Waals surface area contributed by atoms with Gasteiger partial charge in [0.15, 0.2) is 0 Å². The lowest BCUT2D eigenvalue weighted by molar-refractivity contribution is -0.128. The van der Waals surface area contributed by atoms with Gasteiger partial charge in [-0.05, 0) is 50.6 Å². The van der Waals surface area contributed by atoms with Crippen LogP contribution in [0.1, 0.15) is 31.4 Å². The van der Waals surface area contributed by atoms with Crippen molar-refractivity contribution < 1.29 is 13.9 Å². The zero-order valence-electron chi connectivity index (χ0n) is 11.7. The number of ether oxygens (including phenoxy) is 1. The lowest BCUT2D eigenvalue weighted by atomic mass is 10.1. The maximum atomic E-state index is 13.1. The van der Waals surface area contributed by atoms with E-state index in [1.165, 1.54) is 12.1 Å². The summed E-state index contributed by atoms with van der Waals surface area (Å²) in [7, 11) is 0. The van der Waals surface area contributed by atoms with Crippen molar-refractivity contribution in [3.05, 3.63) is 35.6 Å². The van der Waals surface area contributed by atoms with Gasteiger partial charge < -0.3 is 15.4 Å². The van der Waals surface area contributed by atoms with Crippen molar-refractivity contribution in [2.75, 3.05) is 19.7 Å². The van der Waals surface area contributed by atoms with E-state index in [1.807, 2.05) is 6.92 Å². The van der Waals surface area contributed by atoms with Crippen molar-refractivity contribution in [3.8, 4) is 0 Å². The minimum atomic E-state index is -0.297. The Morgan fingerprint density at radius 2 is 2.25 bits per heavy atom. The highest BCUT2D eigenvalue weighted by Crippen LogP contribution is 2.13. The highest BCUT2D eigenvalue weighted by Gasteiger charge is 2.16. The standard InChI is InChI=1S/C15H21FN2O2/c1-11(12-3-2-4-13(16)9-12)18-15(19)10-20-14-5-7-17-8-6-14/h2-4,9,11,14,17H,5-8,10H2,1H3,(H,18,19)/t11-/m0/s1. The predicted octanol–water partition coefficient (Wildman–Crippen LogP) is 1.77. The highest BCUT2D eigenvalue weighted by atomic mass is 19.1. The van der Waals surface area contributed by atoms with Crippen LogP contribution >= 0.6 is 0 Å². The molecule has 20 heavy (non-hydrogen) atoms. The van der Waals surface area contributed by atoms with E-state index in [0.29, 0.717) is 0 Å². The van der Waals surface area contributed by atoms with E-state index >= 15 is 0 Å². The molecule has 1 aliphatic heterocycles. The molecule has 0 bridgehead atoms. The number of halogens is 1. The predicted molar refractivity (Wildman–Crippen MR) is 74.8 cm³/mol. The maximum absolute atomic E-state index is 13.1. The first-order valence-corrected chi connectivity index (χ1v) is 7.02. The van der Waals surface area contributed by atoms with E-state index in [2.05, 4.69) is 10.6 Å². The van der Waals surface area contributed by atoms with Crippen molar-refractivity contribution in [2.24, 2.45) is 0 Å². The van der Waals surface area contributed by atoms with Crippen LogP contribution in [0, 0.1) is 5.82 Å². The fraction of sp³-hybridized carbons (Fsp3) is 0.533. The van der Waals surface area contributed by atoms with Crippen LogP contribution in [0.3, 0.4) is 0 Å². The Labute approximate surface area is 118 Å². The van der Waals surface area contributed by atoms with Crippen molar-refractivity contribution >= 4 is 5.91 Å². The third-order valence-electron chi connectivity index (χ3n) is 3.46. The van der Waals surface area contributed by atoms with Gasteiger partial charge in [0.05, 0.1) is 12.1 Å². The molecule has 1 fully saturated rings. The molecule has 1 aromatic carbocycles. The number of hydrogen-bond acceptors (Lipinski definition) is 3. The van der Waals surface area contributed by atoms with Crippen molar-refractivity contribution in [3.63, 3.8) is 0 Å². The van der Waals surface area contributed by atoms with E-state index in [0.717, 1.165) is 31.5 Å². The molecule has 0 saturated carbocycles. The molecule has 0 radical (unpaired) electrons. The van der Waals surface area contributed by atoms with Crippen LogP contribution in [0.2, 0.25) is 0 Å². The number of hydrogen-bond donors (Lipinski definition) is 2. The summed E-state index contributed by atoms with van der Waals surface area (Å²) in [6.07, 6.45) is 2.03. The first-order valence-electron chi connectivity index (χ1n) is 7.02. The first kappa shape index (κ1) is 14.9. The van der Waals surface area contributed by atoms with Crippen LogP contribution in [0.15, 0.2) is 24.3 Å². The normalized spacial score (nSPS) is 17.7. The fourth-order valence-corrected chi connectivity index (χ4v) is 2.30. The molecule has 0 aliphatic carbocycles. The Morgan fingerprint density at radius 3 is 2.95 bits per heavy atom. The number of carbonyl (C=O) groups excluding carboxylic acids is 1. The Bertz CT molecular complexity index is 447. The molecule has 0 aromatic heterocycles. The third kappa shape index (κ3) is 4.58. The number of rotatable bonds is 5. The summed E-state index contributed by atoms with van der Waals surface area (Å²) in [6, 6.07) is 6.02. The van der Waals surface area contributed by atoms with Crippen LogP contribution in [0.25, 0.3) is 0 Å². The van der Waals surface area contributed by atoms with Crippen LogP contribution < -0.4 is 10.6 Å². The molecule has 0 unspecified atom stereocenters. The summed E-state index contributed by atoms with van der Waals surface area (Å²) in [5.41, 5.74) is 0.750. The van der Waals surface area contributed by atoms with E-state index in [9.17, 15) is 9.18 Å². The van der Waals surface area contributed by atoms with Gasteiger partial charge in [-0.15, -0.1) is 0 Å². The van der Waals surface area contributed by atoms with Gasteiger partial charge in [-0.25, -0.2) is 4.39 Å². The molecule has 1 aliphatic rings. The molecular formula is C15H21FN2O2. The SMILES string of the molecule is C[C@H](NC(=O)COC1CCNCC1)c1cccc(F)c1. The van der Waals surface area contributed by atoms with Gasteiger partial charge in [0.1, 0.15) is 12.4 Å². The van der Waals surface area contributed by atoms with E-state index < -0.39 is 0 Å².